The largest absolute Gasteiger partial charge is 0.396 e. The van der Waals surface area contributed by atoms with Gasteiger partial charge >= 0.3 is 0 Å². The van der Waals surface area contributed by atoms with Crippen molar-refractivity contribution in [2.45, 2.75) is 252 Å². The van der Waals surface area contributed by atoms with Gasteiger partial charge in [-0.3, -0.25) is 0 Å². The molecule has 0 amide bonds. The van der Waals surface area contributed by atoms with Gasteiger partial charge in [-0.25, -0.2) is 0 Å². The van der Waals surface area contributed by atoms with E-state index in [0.29, 0.717) is 19.8 Å². The Morgan fingerprint density at radius 1 is 0.275 bits per heavy atom. The zero-order chi connectivity index (χ0) is 37.0. The minimum atomic E-state index is -0.453. The van der Waals surface area contributed by atoms with Gasteiger partial charge in [-0.1, -0.05) is 233 Å². The first kappa shape index (κ1) is 50.8. The van der Waals surface area contributed by atoms with Crippen LogP contribution in [0.3, 0.4) is 0 Å². The summed E-state index contributed by atoms with van der Waals surface area (Å²) in [6.45, 7) is 10.8. The molecule has 0 saturated heterocycles. The van der Waals surface area contributed by atoms with Crippen molar-refractivity contribution < 1.29 is 19.3 Å². The lowest BCUT2D eigenvalue weighted by Crippen LogP contribution is -2.41. The number of aliphatic hydroxyl groups is 1. The van der Waals surface area contributed by atoms with Crippen LogP contribution in [0.5, 0.6) is 0 Å². The fourth-order valence-corrected chi connectivity index (χ4v) is 7.26. The molecule has 0 saturated carbocycles. The van der Waals surface area contributed by atoms with E-state index >= 15 is 0 Å². The molecule has 0 bridgehead atoms. The maximum Gasteiger partial charge on any atom is 0.0635 e. The van der Waals surface area contributed by atoms with Crippen molar-refractivity contribution in [1.82, 2.24) is 0 Å². The van der Waals surface area contributed by atoms with Crippen LogP contribution in [0.1, 0.15) is 252 Å². The normalized spacial score (nSPS) is 12.0. The maximum absolute atomic E-state index is 10.5. The fourth-order valence-electron chi connectivity index (χ4n) is 7.26. The summed E-state index contributed by atoms with van der Waals surface area (Å²) in [4.78, 5) is 0. The average Bonchev–Trinajstić information content (AvgIpc) is 3.14. The molecule has 0 radical (unpaired) electrons. The van der Waals surface area contributed by atoms with E-state index < -0.39 is 5.41 Å². The average molecular weight is 725 g/mol. The highest BCUT2D eigenvalue weighted by Gasteiger charge is 2.31. The number of hydrogen-bond acceptors (Lipinski definition) is 4. The molecule has 0 unspecified atom stereocenters. The Labute approximate surface area is 322 Å². The van der Waals surface area contributed by atoms with Gasteiger partial charge in [0.25, 0.3) is 0 Å². The molecule has 51 heavy (non-hydrogen) atoms. The van der Waals surface area contributed by atoms with Gasteiger partial charge in [0.1, 0.15) is 0 Å². The molecule has 308 valence electrons. The lowest BCUT2D eigenvalue weighted by atomic mass is 9.92. The standard InChI is InChI=1S/C47H96O4/c1-4-7-10-13-16-19-22-25-28-31-34-37-40-49-44-47(43-48,45-50-41-38-35-32-29-26-23-20-17-14-11-8-5-2)46-51-42-39-36-33-30-27-24-21-18-15-12-9-6-3/h48H,4-46H2,1-3H3. The number of hydrogen-bond donors (Lipinski definition) is 1. The molecule has 4 nitrogen and oxygen atoms in total. The molecule has 0 spiro atoms. The van der Waals surface area contributed by atoms with Crippen molar-refractivity contribution in [3.8, 4) is 0 Å². The third kappa shape index (κ3) is 39.4. The van der Waals surface area contributed by atoms with Crippen LogP contribution in [0.15, 0.2) is 0 Å². The molecule has 0 rings (SSSR count). The maximum atomic E-state index is 10.5. The molecule has 4 heteroatoms. The predicted molar refractivity (Wildman–Crippen MR) is 225 cm³/mol. The van der Waals surface area contributed by atoms with Crippen LogP contribution in [-0.2, 0) is 14.2 Å². The third-order valence-electron chi connectivity index (χ3n) is 11.0. The zero-order valence-corrected chi connectivity index (χ0v) is 35.6. The first-order chi connectivity index (χ1) is 25.2. The summed E-state index contributed by atoms with van der Waals surface area (Å²) in [6.07, 6.45) is 48.7. The van der Waals surface area contributed by atoms with E-state index in [0.717, 1.165) is 39.1 Å². The van der Waals surface area contributed by atoms with Crippen LogP contribution in [0.4, 0.5) is 0 Å². The van der Waals surface area contributed by atoms with Gasteiger partial charge in [0.15, 0.2) is 0 Å². The highest BCUT2D eigenvalue weighted by molar-refractivity contribution is 4.78. The quantitative estimate of drug-likeness (QED) is 0.0635. The van der Waals surface area contributed by atoms with Gasteiger partial charge in [0.2, 0.25) is 0 Å². The first-order valence-corrected chi connectivity index (χ1v) is 23.6. The van der Waals surface area contributed by atoms with Crippen molar-refractivity contribution in [1.29, 1.82) is 0 Å². The van der Waals surface area contributed by atoms with E-state index in [1.54, 1.807) is 0 Å². The summed E-state index contributed by atoms with van der Waals surface area (Å²) >= 11 is 0. The van der Waals surface area contributed by atoms with E-state index in [1.807, 2.05) is 0 Å². The Hall–Kier alpha value is -0.160. The molecule has 0 fully saturated rings. The Balaban J connectivity index is 4.20. The van der Waals surface area contributed by atoms with E-state index in [4.69, 9.17) is 14.2 Å². The highest BCUT2D eigenvalue weighted by atomic mass is 16.5. The van der Waals surface area contributed by atoms with Crippen LogP contribution >= 0.6 is 0 Å². The second-order valence-corrected chi connectivity index (χ2v) is 16.5. The number of ether oxygens (including phenoxy) is 3. The van der Waals surface area contributed by atoms with Crippen molar-refractivity contribution in [2.75, 3.05) is 46.2 Å². The minimum absolute atomic E-state index is 0.0579. The molecule has 0 aliphatic heterocycles. The minimum Gasteiger partial charge on any atom is -0.396 e. The van der Waals surface area contributed by atoms with E-state index in [2.05, 4.69) is 20.8 Å². The molecule has 0 aromatic carbocycles. The lowest BCUT2D eigenvalue weighted by molar-refractivity contribution is -0.0937. The van der Waals surface area contributed by atoms with Crippen molar-refractivity contribution in [2.24, 2.45) is 5.41 Å². The Bertz CT molecular complexity index is 532. The van der Waals surface area contributed by atoms with E-state index in [-0.39, 0.29) is 6.61 Å². The monoisotopic (exact) mass is 725 g/mol. The molecular formula is C47H96O4. The van der Waals surface area contributed by atoms with Gasteiger partial charge in [0, 0.05) is 19.8 Å². The van der Waals surface area contributed by atoms with Gasteiger partial charge in [-0.2, -0.15) is 0 Å². The first-order valence-electron chi connectivity index (χ1n) is 23.6. The summed E-state index contributed by atoms with van der Waals surface area (Å²) in [6, 6.07) is 0. The van der Waals surface area contributed by atoms with E-state index in [9.17, 15) is 5.11 Å². The summed E-state index contributed by atoms with van der Waals surface area (Å²) in [5.41, 5.74) is -0.453. The van der Waals surface area contributed by atoms with Crippen LogP contribution in [0.25, 0.3) is 0 Å². The second-order valence-electron chi connectivity index (χ2n) is 16.5. The molecule has 0 aromatic heterocycles. The number of rotatable bonds is 46. The molecule has 0 aliphatic rings. The number of unbranched alkanes of at least 4 members (excludes halogenated alkanes) is 33. The summed E-state index contributed by atoms with van der Waals surface area (Å²) in [5.74, 6) is 0. The molecule has 0 aromatic rings. The molecular weight excluding hydrogens is 629 g/mol. The summed E-state index contributed by atoms with van der Waals surface area (Å²) < 4.78 is 18.6. The van der Waals surface area contributed by atoms with Gasteiger partial charge in [-0.15, -0.1) is 0 Å². The smallest absolute Gasteiger partial charge is 0.0635 e. The van der Waals surface area contributed by atoms with Crippen molar-refractivity contribution in [3.63, 3.8) is 0 Å². The molecule has 0 aliphatic carbocycles. The Morgan fingerprint density at radius 3 is 0.627 bits per heavy atom. The van der Waals surface area contributed by atoms with Crippen molar-refractivity contribution in [3.05, 3.63) is 0 Å². The zero-order valence-electron chi connectivity index (χ0n) is 35.6. The Kier molecular flexibility index (Phi) is 44.1. The van der Waals surface area contributed by atoms with Crippen LogP contribution in [-0.4, -0.2) is 51.4 Å². The molecule has 0 heterocycles. The fraction of sp³-hybridized carbons (Fsp3) is 1.00. The van der Waals surface area contributed by atoms with Gasteiger partial charge < -0.3 is 19.3 Å². The van der Waals surface area contributed by atoms with Gasteiger partial charge in [-0.05, 0) is 19.3 Å². The predicted octanol–water partition coefficient (Wildman–Crippen LogP) is 15.1. The second kappa shape index (κ2) is 44.2. The van der Waals surface area contributed by atoms with Crippen LogP contribution in [0.2, 0.25) is 0 Å². The van der Waals surface area contributed by atoms with Gasteiger partial charge in [0.05, 0.1) is 31.8 Å². The third-order valence-corrected chi connectivity index (χ3v) is 11.0. The summed E-state index contributed by atoms with van der Waals surface area (Å²) in [7, 11) is 0. The summed E-state index contributed by atoms with van der Waals surface area (Å²) in [5, 5.41) is 10.5. The lowest BCUT2D eigenvalue weighted by Gasteiger charge is -2.31. The number of aliphatic hydroxyl groups excluding tert-OH is 1. The topological polar surface area (TPSA) is 47.9 Å². The SMILES string of the molecule is CCCCCCCCCCCCCCOCC(CO)(COCCCCCCCCCCCCCC)COCCCCCCCCCCCCCC. The van der Waals surface area contributed by atoms with Crippen LogP contribution < -0.4 is 0 Å². The van der Waals surface area contributed by atoms with E-state index in [1.165, 1.54) is 212 Å². The van der Waals surface area contributed by atoms with Crippen molar-refractivity contribution >= 4 is 0 Å². The Morgan fingerprint density at radius 2 is 0.451 bits per heavy atom. The highest BCUT2D eigenvalue weighted by Crippen LogP contribution is 2.21. The van der Waals surface area contributed by atoms with Crippen LogP contribution in [0, 0.1) is 5.41 Å². The molecule has 1 N–H and O–H groups in total. The molecule has 0 atom stereocenters.